The van der Waals surface area contributed by atoms with E-state index in [9.17, 15) is 5.11 Å². The summed E-state index contributed by atoms with van der Waals surface area (Å²) in [5.41, 5.74) is 0.443. The van der Waals surface area contributed by atoms with Gasteiger partial charge >= 0.3 is 0 Å². The predicted molar refractivity (Wildman–Crippen MR) is 53.9 cm³/mol. The zero-order valence-electron chi connectivity index (χ0n) is 8.22. The van der Waals surface area contributed by atoms with Crippen LogP contribution in [0.4, 0.5) is 0 Å². The standard InChI is InChI=1S/C10H19OP/c1-8(2)7-4-5-9(8,3)10(11,12)6-7/h7,11H,4-6,12H2,1-3H3. The third-order valence-electron chi connectivity index (χ3n) is 4.95. The molecule has 2 heteroatoms. The molecule has 70 valence electrons. The number of hydrogen-bond acceptors (Lipinski definition) is 1. The summed E-state index contributed by atoms with van der Waals surface area (Å²) in [5, 5.41) is 9.74. The highest BCUT2D eigenvalue weighted by molar-refractivity contribution is 7.18. The van der Waals surface area contributed by atoms with Crippen molar-refractivity contribution in [3.63, 3.8) is 0 Å². The summed E-state index contributed by atoms with van der Waals surface area (Å²) < 4.78 is 0. The van der Waals surface area contributed by atoms with Crippen LogP contribution in [0.25, 0.3) is 0 Å². The van der Waals surface area contributed by atoms with E-state index in [-0.39, 0.29) is 5.41 Å². The molecule has 4 unspecified atom stereocenters. The maximum Gasteiger partial charge on any atom is 0.0839 e. The van der Waals surface area contributed by atoms with Crippen molar-refractivity contribution in [3.8, 4) is 0 Å². The molecular formula is C10H19OP. The molecule has 2 aliphatic rings. The Bertz CT molecular complexity index is 222. The summed E-state index contributed by atoms with van der Waals surface area (Å²) in [6, 6.07) is 0. The lowest BCUT2D eigenvalue weighted by Gasteiger charge is -2.43. The molecule has 2 aliphatic carbocycles. The van der Waals surface area contributed by atoms with E-state index in [0.717, 1.165) is 12.3 Å². The molecule has 0 aliphatic heterocycles. The molecule has 2 saturated carbocycles. The summed E-state index contributed by atoms with van der Waals surface area (Å²) in [5.74, 6) is 0.727. The summed E-state index contributed by atoms with van der Waals surface area (Å²) >= 11 is 0. The predicted octanol–water partition coefficient (Wildman–Crippen LogP) is 2.40. The van der Waals surface area contributed by atoms with Crippen LogP contribution >= 0.6 is 9.24 Å². The Hall–Kier alpha value is 0.390. The quantitative estimate of drug-likeness (QED) is 0.576. The lowest BCUT2D eigenvalue weighted by molar-refractivity contribution is -0.0169. The zero-order chi connectivity index (χ0) is 9.20. The van der Waals surface area contributed by atoms with E-state index in [4.69, 9.17) is 0 Å². The highest BCUT2D eigenvalue weighted by Crippen LogP contribution is 2.71. The van der Waals surface area contributed by atoms with Gasteiger partial charge in [0.25, 0.3) is 0 Å². The van der Waals surface area contributed by atoms with E-state index >= 15 is 0 Å². The van der Waals surface area contributed by atoms with Crippen molar-refractivity contribution in [2.24, 2.45) is 16.7 Å². The van der Waals surface area contributed by atoms with Gasteiger partial charge in [-0.15, -0.1) is 9.24 Å². The van der Waals surface area contributed by atoms with E-state index < -0.39 is 5.34 Å². The molecule has 2 fully saturated rings. The van der Waals surface area contributed by atoms with Gasteiger partial charge in [-0.2, -0.15) is 0 Å². The molecule has 12 heavy (non-hydrogen) atoms. The monoisotopic (exact) mass is 186 g/mol. The number of hydrogen-bond donors (Lipinski definition) is 1. The van der Waals surface area contributed by atoms with E-state index in [1.54, 1.807) is 0 Å². The first-order chi connectivity index (χ1) is 5.31. The van der Waals surface area contributed by atoms with Crippen LogP contribution in [0.5, 0.6) is 0 Å². The Morgan fingerprint density at radius 2 is 1.92 bits per heavy atom. The van der Waals surface area contributed by atoms with Crippen LogP contribution in [-0.2, 0) is 0 Å². The van der Waals surface area contributed by atoms with E-state index in [1.807, 2.05) is 0 Å². The van der Waals surface area contributed by atoms with Crippen LogP contribution in [0, 0.1) is 16.7 Å². The molecule has 1 nitrogen and oxygen atoms in total. The molecule has 0 heterocycles. The van der Waals surface area contributed by atoms with Gasteiger partial charge in [0.1, 0.15) is 0 Å². The summed E-state index contributed by atoms with van der Waals surface area (Å²) in [7, 11) is 2.67. The first-order valence-electron chi connectivity index (χ1n) is 4.82. The molecule has 0 spiro atoms. The van der Waals surface area contributed by atoms with Crippen molar-refractivity contribution in [2.75, 3.05) is 0 Å². The molecule has 0 saturated heterocycles. The number of fused-ring (bicyclic) bond motifs is 2. The molecule has 2 bridgehead atoms. The van der Waals surface area contributed by atoms with Crippen LogP contribution in [0.15, 0.2) is 0 Å². The second kappa shape index (κ2) is 2.07. The van der Waals surface area contributed by atoms with Crippen molar-refractivity contribution in [1.82, 2.24) is 0 Å². The Kier molecular flexibility index (Phi) is 1.54. The molecule has 0 amide bonds. The van der Waals surface area contributed by atoms with Crippen LogP contribution in [0.1, 0.15) is 40.0 Å². The Balaban J connectivity index is 2.47. The molecule has 0 aromatic rings. The summed E-state index contributed by atoms with van der Waals surface area (Å²) in [6.07, 6.45) is 3.46. The minimum absolute atomic E-state index is 0.120. The average molecular weight is 186 g/mol. The van der Waals surface area contributed by atoms with Crippen molar-refractivity contribution in [2.45, 2.75) is 45.4 Å². The SMILES string of the molecule is CC1(C)C2CCC1(C)C(O)(P)C2. The van der Waals surface area contributed by atoms with Gasteiger partial charge in [0.2, 0.25) is 0 Å². The van der Waals surface area contributed by atoms with Crippen LogP contribution < -0.4 is 0 Å². The second-order valence-corrected chi connectivity index (χ2v) is 6.37. The number of aliphatic hydroxyl groups is 1. The average Bonchev–Trinajstić information content (AvgIpc) is 2.18. The molecular weight excluding hydrogens is 167 g/mol. The van der Waals surface area contributed by atoms with E-state index in [0.29, 0.717) is 5.41 Å². The summed E-state index contributed by atoms with van der Waals surface area (Å²) in [6.45, 7) is 6.87. The normalized spacial score (nSPS) is 56.2. The molecule has 2 rings (SSSR count). The number of rotatable bonds is 0. The van der Waals surface area contributed by atoms with E-state index in [1.165, 1.54) is 12.8 Å². The summed E-state index contributed by atoms with van der Waals surface area (Å²) in [4.78, 5) is 0. The van der Waals surface area contributed by atoms with Crippen molar-refractivity contribution in [3.05, 3.63) is 0 Å². The largest absolute Gasteiger partial charge is 0.385 e. The fourth-order valence-corrected chi connectivity index (χ4v) is 4.13. The second-order valence-electron chi connectivity index (χ2n) is 5.42. The van der Waals surface area contributed by atoms with Crippen molar-refractivity contribution < 1.29 is 5.11 Å². The Labute approximate surface area is 77.1 Å². The van der Waals surface area contributed by atoms with Crippen LogP contribution in [0.2, 0.25) is 0 Å². The molecule has 0 aromatic heterocycles. The lowest BCUT2D eigenvalue weighted by Crippen LogP contribution is -2.42. The molecule has 0 radical (unpaired) electrons. The van der Waals surface area contributed by atoms with Gasteiger partial charge in [-0.05, 0) is 30.6 Å². The fraction of sp³-hybridized carbons (Fsp3) is 1.00. The van der Waals surface area contributed by atoms with Gasteiger partial charge in [-0.3, -0.25) is 0 Å². The van der Waals surface area contributed by atoms with Gasteiger partial charge < -0.3 is 5.11 Å². The highest BCUT2D eigenvalue weighted by Gasteiger charge is 2.66. The first-order valence-corrected chi connectivity index (χ1v) is 5.40. The van der Waals surface area contributed by atoms with Crippen LogP contribution in [-0.4, -0.2) is 10.4 Å². The maximum atomic E-state index is 10.2. The van der Waals surface area contributed by atoms with Gasteiger partial charge in [0.05, 0.1) is 5.34 Å². The minimum Gasteiger partial charge on any atom is -0.385 e. The Morgan fingerprint density at radius 3 is 2.08 bits per heavy atom. The molecule has 1 N–H and O–H groups in total. The van der Waals surface area contributed by atoms with Gasteiger partial charge in [0.15, 0.2) is 0 Å². The zero-order valence-corrected chi connectivity index (χ0v) is 9.38. The third-order valence-corrected chi connectivity index (χ3v) is 5.82. The van der Waals surface area contributed by atoms with Crippen molar-refractivity contribution >= 4 is 9.24 Å². The van der Waals surface area contributed by atoms with Gasteiger partial charge in [-0.25, -0.2) is 0 Å². The topological polar surface area (TPSA) is 20.2 Å². The maximum absolute atomic E-state index is 10.2. The third kappa shape index (κ3) is 0.731. The highest BCUT2D eigenvalue weighted by atomic mass is 31.0. The fourth-order valence-electron chi connectivity index (χ4n) is 3.33. The van der Waals surface area contributed by atoms with Gasteiger partial charge in [0, 0.05) is 5.41 Å². The molecule has 4 atom stereocenters. The Morgan fingerprint density at radius 1 is 1.33 bits per heavy atom. The molecule has 0 aromatic carbocycles. The van der Waals surface area contributed by atoms with E-state index in [2.05, 4.69) is 30.0 Å². The minimum atomic E-state index is -0.501. The van der Waals surface area contributed by atoms with Crippen LogP contribution in [0.3, 0.4) is 0 Å². The van der Waals surface area contributed by atoms with Gasteiger partial charge in [-0.1, -0.05) is 20.8 Å². The first kappa shape index (κ1) is 8.97. The van der Waals surface area contributed by atoms with Crippen molar-refractivity contribution in [1.29, 1.82) is 0 Å². The smallest absolute Gasteiger partial charge is 0.0839 e. The lowest BCUT2D eigenvalue weighted by atomic mass is 9.69.